The number of piperidine rings is 1. The average Bonchev–Trinajstić information content (AvgIpc) is 3.32. The van der Waals surface area contributed by atoms with Gasteiger partial charge < -0.3 is 5.32 Å². The van der Waals surface area contributed by atoms with Crippen molar-refractivity contribution in [1.29, 1.82) is 0 Å². The van der Waals surface area contributed by atoms with Gasteiger partial charge >= 0.3 is 0 Å². The molecule has 0 radical (unpaired) electrons. The number of H-pyrrole nitrogens is 1. The molecule has 27 heavy (non-hydrogen) atoms. The number of hydrogen-bond donors (Lipinski definition) is 2. The third-order valence-electron chi connectivity index (χ3n) is 6.61. The first-order valence-electron chi connectivity index (χ1n) is 10.5. The second kappa shape index (κ2) is 7.12. The molecule has 1 aromatic carbocycles. The van der Waals surface area contributed by atoms with Crippen LogP contribution in [0.3, 0.4) is 0 Å². The van der Waals surface area contributed by atoms with E-state index < -0.39 is 0 Å². The first-order chi connectivity index (χ1) is 13.3. The first kappa shape index (κ1) is 17.0. The van der Waals surface area contributed by atoms with Crippen LogP contribution in [0.15, 0.2) is 24.3 Å². The van der Waals surface area contributed by atoms with E-state index in [-0.39, 0.29) is 11.9 Å². The molecule has 5 nitrogen and oxygen atoms in total. The summed E-state index contributed by atoms with van der Waals surface area (Å²) in [4.78, 5) is 15.4. The maximum atomic E-state index is 12.8. The summed E-state index contributed by atoms with van der Waals surface area (Å²) in [6, 6.07) is 9.63. The molecule has 1 aliphatic heterocycles. The molecule has 0 bridgehead atoms. The van der Waals surface area contributed by atoms with Crippen LogP contribution in [0.1, 0.15) is 58.6 Å². The molecule has 2 aromatic rings. The Morgan fingerprint density at radius 3 is 2.70 bits per heavy atom. The van der Waals surface area contributed by atoms with E-state index >= 15 is 0 Å². The number of benzene rings is 1. The lowest BCUT2D eigenvalue weighted by Gasteiger charge is -2.37. The summed E-state index contributed by atoms with van der Waals surface area (Å²) in [5, 5.41) is 10.7. The SMILES string of the molecule is O=C(NC1CCCN(C2Cc3ccccc3C2)C1)c1n[nH]c2c1CCCC2. The summed E-state index contributed by atoms with van der Waals surface area (Å²) in [7, 11) is 0. The number of fused-ring (bicyclic) bond motifs is 2. The van der Waals surface area contributed by atoms with E-state index in [1.54, 1.807) is 0 Å². The van der Waals surface area contributed by atoms with E-state index in [0.29, 0.717) is 11.7 Å². The minimum Gasteiger partial charge on any atom is -0.347 e. The topological polar surface area (TPSA) is 61.0 Å². The number of nitrogens with zero attached hydrogens (tertiary/aromatic N) is 2. The number of aromatic nitrogens is 2. The van der Waals surface area contributed by atoms with Crippen molar-refractivity contribution >= 4 is 5.91 Å². The molecule has 1 aromatic heterocycles. The van der Waals surface area contributed by atoms with Crippen molar-refractivity contribution in [3.05, 3.63) is 52.3 Å². The van der Waals surface area contributed by atoms with Crippen molar-refractivity contribution < 1.29 is 4.79 Å². The van der Waals surface area contributed by atoms with Crippen LogP contribution < -0.4 is 5.32 Å². The maximum absolute atomic E-state index is 12.8. The molecular weight excluding hydrogens is 336 g/mol. The lowest BCUT2D eigenvalue weighted by atomic mass is 9.95. The third kappa shape index (κ3) is 3.29. The zero-order valence-corrected chi connectivity index (χ0v) is 15.8. The number of carbonyl (C=O) groups is 1. The minimum atomic E-state index is 0.0101. The smallest absolute Gasteiger partial charge is 0.272 e. The molecule has 1 saturated heterocycles. The Hall–Kier alpha value is -2.14. The second-order valence-corrected chi connectivity index (χ2v) is 8.37. The molecule has 1 fully saturated rings. The maximum Gasteiger partial charge on any atom is 0.272 e. The van der Waals surface area contributed by atoms with Crippen molar-refractivity contribution in [2.24, 2.45) is 0 Å². The summed E-state index contributed by atoms with van der Waals surface area (Å²) < 4.78 is 0. The van der Waals surface area contributed by atoms with E-state index in [0.717, 1.165) is 63.6 Å². The predicted molar refractivity (Wildman–Crippen MR) is 105 cm³/mol. The Morgan fingerprint density at radius 2 is 1.89 bits per heavy atom. The lowest BCUT2D eigenvalue weighted by Crippen LogP contribution is -2.51. The van der Waals surface area contributed by atoms with Crippen molar-refractivity contribution in [1.82, 2.24) is 20.4 Å². The number of hydrogen-bond acceptors (Lipinski definition) is 3. The van der Waals surface area contributed by atoms with E-state index in [9.17, 15) is 4.79 Å². The van der Waals surface area contributed by atoms with Crippen LogP contribution in [0, 0.1) is 0 Å². The van der Waals surface area contributed by atoms with Crippen molar-refractivity contribution in [3.8, 4) is 0 Å². The fraction of sp³-hybridized carbons (Fsp3) is 0.545. The summed E-state index contributed by atoms with van der Waals surface area (Å²) in [5.74, 6) is 0.0101. The fourth-order valence-electron chi connectivity index (χ4n) is 5.17. The number of likely N-dealkylation sites (tertiary alicyclic amines) is 1. The van der Waals surface area contributed by atoms with Gasteiger partial charge in [-0.05, 0) is 69.0 Å². The van der Waals surface area contributed by atoms with Crippen molar-refractivity contribution in [2.45, 2.75) is 63.5 Å². The molecule has 3 aliphatic rings. The second-order valence-electron chi connectivity index (χ2n) is 8.37. The van der Waals surface area contributed by atoms with E-state index in [4.69, 9.17) is 0 Å². The number of aryl methyl sites for hydroxylation is 1. The molecule has 5 heteroatoms. The standard InChI is InChI=1S/C22H28N4O/c27-22(21-19-9-3-4-10-20(19)24-25-21)23-17-8-5-11-26(14-17)18-12-15-6-1-2-7-16(15)13-18/h1-2,6-7,17-18H,3-5,8-14H2,(H,23,27)(H,24,25). The predicted octanol–water partition coefficient (Wildman–Crippen LogP) is 2.65. The van der Waals surface area contributed by atoms with Crippen LogP contribution >= 0.6 is 0 Å². The van der Waals surface area contributed by atoms with Gasteiger partial charge in [0.25, 0.3) is 5.91 Å². The van der Waals surface area contributed by atoms with Crippen LogP contribution in [0.25, 0.3) is 0 Å². The quantitative estimate of drug-likeness (QED) is 0.880. The van der Waals surface area contributed by atoms with Gasteiger partial charge in [0.2, 0.25) is 0 Å². The first-order valence-corrected chi connectivity index (χ1v) is 10.5. The van der Waals surface area contributed by atoms with Crippen molar-refractivity contribution in [3.63, 3.8) is 0 Å². The molecule has 1 unspecified atom stereocenters. The minimum absolute atomic E-state index is 0.0101. The number of nitrogens with one attached hydrogen (secondary N) is 2. The highest BCUT2D eigenvalue weighted by molar-refractivity contribution is 5.94. The lowest BCUT2D eigenvalue weighted by molar-refractivity contribution is 0.0870. The highest BCUT2D eigenvalue weighted by Gasteiger charge is 2.31. The Labute approximate surface area is 160 Å². The number of rotatable bonds is 3. The van der Waals surface area contributed by atoms with Gasteiger partial charge in [0.15, 0.2) is 5.69 Å². The van der Waals surface area contributed by atoms with Gasteiger partial charge in [-0.2, -0.15) is 5.10 Å². The van der Waals surface area contributed by atoms with E-state index in [2.05, 4.69) is 44.7 Å². The molecular formula is C22H28N4O. The number of amides is 1. The fourth-order valence-corrected chi connectivity index (χ4v) is 5.17. The van der Waals surface area contributed by atoms with Gasteiger partial charge in [0.05, 0.1) is 0 Å². The molecule has 2 aliphatic carbocycles. The van der Waals surface area contributed by atoms with Gasteiger partial charge in [0.1, 0.15) is 0 Å². The highest BCUT2D eigenvalue weighted by atomic mass is 16.2. The van der Waals surface area contributed by atoms with Gasteiger partial charge in [-0.3, -0.25) is 14.8 Å². The Kier molecular flexibility index (Phi) is 4.48. The third-order valence-corrected chi connectivity index (χ3v) is 6.61. The van der Waals surface area contributed by atoms with Crippen LogP contribution in [-0.2, 0) is 25.7 Å². The zero-order chi connectivity index (χ0) is 18.2. The zero-order valence-electron chi connectivity index (χ0n) is 15.8. The normalized spacial score (nSPS) is 23.0. The largest absolute Gasteiger partial charge is 0.347 e. The molecule has 1 amide bonds. The van der Waals surface area contributed by atoms with Gasteiger partial charge in [-0.1, -0.05) is 24.3 Å². The number of carbonyl (C=O) groups excluding carboxylic acids is 1. The summed E-state index contributed by atoms with van der Waals surface area (Å²) in [6.45, 7) is 2.10. The Bertz CT molecular complexity index is 818. The highest BCUT2D eigenvalue weighted by Crippen LogP contribution is 2.28. The summed E-state index contributed by atoms with van der Waals surface area (Å²) >= 11 is 0. The van der Waals surface area contributed by atoms with E-state index in [1.807, 2.05) is 0 Å². The monoisotopic (exact) mass is 364 g/mol. The van der Waals surface area contributed by atoms with Crippen LogP contribution in [0.4, 0.5) is 0 Å². The van der Waals surface area contributed by atoms with Crippen LogP contribution in [0.2, 0.25) is 0 Å². The van der Waals surface area contributed by atoms with Crippen LogP contribution in [-0.4, -0.2) is 46.2 Å². The van der Waals surface area contributed by atoms with Gasteiger partial charge in [-0.15, -0.1) is 0 Å². The van der Waals surface area contributed by atoms with E-state index in [1.165, 1.54) is 23.2 Å². The molecule has 5 rings (SSSR count). The number of aromatic amines is 1. The molecule has 0 spiro atoms. The molecule has 1 atom stereocenters. The van der Waals surface area contributed by atoms with Crippen molar-refractivity contribution in [2.75, 3.05) is 13.1 Å². The Morgan fingerprint density at radius 1 is 1.11 bits per heavy atom. The molecule has 2 N–H and O–H groups in total. The summed E-state index contributed by atoms with van der Waals surface area (Å²) in [5.41, 5.74) is 5.95. The molecule has 0 saturated carbocycles. The Balaban J connectivity index is 1.23. The molecule has 142 valence electrons. The van der Waals surface area contributed by atoms with Gasteiger partial charge in [-0.25, -0.2) is 0 Å². The average molecular weight is 364 g/mol. The molecule has 2 heterocycles. The van der Waals surface area contributed by atoms with Gasteiger partial charge in [0, 0.05) is 29.9 Å². The van der Waals surface area contributed by atoms with Crippen LogP contribution in [0.5, 0.6) is 0 Å². The summed E-state index contributed by atoms with van der Waals surface area (Å²) in [6.07, 6.45) is 8.85.